The van der Waals surface area contributed by atoms with E-state index >= 15 is 0 Å². The number of hydrogen-bond acceptors (Lipinski definition) is 5. The molecular formula is C18H16Cl2N2O5S. The Morgan fingerprint density at radius 3 is 2.68 bits per heavy atom. The summed E-state index contributed by atoms with van der Waals surface area (Å²) in [7, 11) is -3.86. The number of aryl methyl sites for hydroxylation is 1. The highest BCUT2D eigenvalue weighted by molar-refractivity contribution is 7.91. The van der Waals surface area contributed by atoms with Crippen LogP contribution in [0.1, 0.15) is 12.0 Å². The van der Waals surface area contributed by atoms with Crippen LogP contribution in [0.3, 0.4) is 0 Å². The van der Waals surface area contributed by atoms with Crippen LogP contribution in [0.5, 0.6) is 5.75 Å². The molecule has 2 aromatic carbocycles. The summed E-state index contributed by atoms with van der Waals surface area (Å²) in [6.07, 6.45) is -0.280. The lowest BCUT2D eigenvalue weighted by atomic mass is 10.2. The van der Waals surface area contributed by atoms with E-state index < -0.39 is 21.5 Å². The van der Waals surface area contributed by atoms with Crippen LogP contribution >= 0.6 is 23.2 Å². The zero-order chi connectivity index (χ0) is 20.5. The Morgan fingerprint density at radius 1 is 1.21 bits per heavy atom. The Bertz CT molecular complexity index is 1070. The molecule has 0 radical (unpaired) electrons. The number of anilines is 2. The Morgan fingerprint density at radius 2 is 1.96 bits per heavy atom. The van der Waals surface area contributed by atoms with Gasteiger partial charge in [0.15, 0.2) is 16.4 Å². The van der Waals surface area contributed by atoms with E-state index in [-0.39, 0.29) is 34.6 Å². The van der Waals surface area contributed by atoms with Crippen molar-refractivity contribution in [1.29, 1.82) is 0 Å². The van der Waals surface area contributed by atoms with Crippen molar-refractivity contribution in [3.8, 4) is 5.75 Å². The maximum atomic E-state index is 12.6. The number of amides is 2. The van der Waals surface area contributed by atoms with E-state index in [0.29, 0.717) is 16.4 Å². The number of halogens is 2. The van der Waals surface area contributed by atoms with Crippen molar-refractivity contribution in [2.24, 2.45) is 0 Å². The number of carbonyl (C=O) groups is 2. The van der Waals surface area contributed by atoms with E-state index in [1.165, 1.54) is 12.1 Å². The summed E-state index contributed by atoms with van der Waals surface area (Å²) < 4.78 is 30.5. The molecule has 1 heterocycles. The lowest BCUT2D eigenvalue weighted by Gasteiger charge is -2.19. The first kappa shape index (κ1) is 20.4. The summed E-state index contributed by atoms with van der Waals surface area (Å²) in [6.45, 7) is 1.65. The van der Waals surface area contributed by atoms with Gasteiger partial charge < -0.3 is 15.4 Å². The SMILES string of the molecule is Cc1ccc(NC(=O)CCS(=O)(=O)c2cc3c(cc2Cl)NC(=O)CO3)c(Cl)c1. The largest absolute Gasteiger partial charge is 0.482 e. The fraction of sp³-hybridized carbons (Fsp3) is 0.222. The third-order valence-electron chi connectivity index (χ3n) is 4.00. The Hall–Kier alpha value is -2.29. The van der Waals surface area contributed by atoms with Crippen LogP contribution in [0.4, 0.5) is 11.4 Å². The van der Waals surface area contributed by atoms with Gasteiger partial charge in [-0.05, 0) is 30.7 Å². The van der Waals surface area contributed by atoms with Crippen LogP contribution in [0, 0.1) is 6.92 Å². The first-order chi connectivity index (χ1) is 13.2. The predicted octanol–water partition coefficient (Wildman–Crippen LogP) is 3.44. The highest BCUT2D eigenvalue weighted by Crippen LogP contribution is 2.36. The molecule has 2 aromatic rings. The van der Waals surface area contributed by atoms with Crippen molar-refractivity contribution >= 4 is 56.2 Å². The molecule has 0 aromatic heterocycles. The van der Waals surface area contributed by atoms with Gasteiger partial charge in [0, 0.05) is 12.5 Å². The van der Waals surface area contributed by atoms with Crippen molar-refractivity contribution in [2.75, 3.05) is 23.0 Å². The van der Waals surface area contributed by atoms with Gasteiger partial charge >= 0.3 is 0 Å². The summed E-state index contributed by atoms with van der Waals surface area (Å²) in [6, 6.07) is 7.69. The number of ether oxygens (including phenoxy) is 1. The Balaban J connectivity index is 1.71. The number of hydrogen-bond donors (Lipinski definition) is 2. The Kier molecular flexibility index (Phi) is 5.83. The molecule has 0 saturated carbocycles. The van der Waals surface area contributed by atoms with Crippen LogP contribution in [0.2, 0.25) is 10.0 Å². The average molecular weight is 443 g/mol. The maximum absolute atomic E-state index is 12.6. The summed E-state index contributed by atoms with van der Waals surface area (Å²) in [5, 5.41) is 5.44. The number of benzene rings is 2. The molecule has 0 spiro atoms. The fourth-order valence-electron chi connectivity index (χ4n) is 2.59. The van der Waals surface area contributed by atoms with Gasteiger partial charge in [0.25, 0.3) is 5.91 Å². The van der Waals surface area contributed by atoms with E-state index in [1.807, 2.05) is 6.92 Å². The smallest absolute Gasteiger partial charge is 0.262 e. The normalized spacial score (nSPS) is 13.3. The van der Waals surface area contributed by atoms with E-state index in [2.05, 4.69) is 10.6 Å². The molecular weight excluding hydrogens is 427 g/mol. The molecule has 2 N–H and O–H groups in total. The first-order valence-electron chi connectivity index (χ1n) is 8.20. The topological polar surface area (TPSA) is 102 Å². The van der Waals surface area contributed by atoms with E-state index in [4.69, 9.17) is 27.9 Å². The highest BCUT2D eigenvalue weighted by atomic mass is 35.5. The van der Waals surface area contributed by atoms with E-state index in [9.17, 15) is 18.0 Å². The molecule has 28 heavy (non-hydrogen) atoms. The molecule has 0 unspecified atom stereocenters. The lowest BCUT2D eigenvalue weighted by Crippen LogP contribution is -2.25. The van der Waals surface area contributed by atoms with Gasteiger partial charge in [-0.25, -0.2) is 8.42 Å². The van der Waals surface area contributed by atoms with Gasteiger partial charge in [0.05, 0.1) is 32.1 Å². The zero-order valence-electron chi connectivity index (χ0n) is 14.7. The number of nitrogens with one attached hydrogen (secondary N) is 2. The number of sulfone groups is 1. The summed E-state index contributed by atoms with van der Waals surface area (Å²) in [4.78, 5) is 23.3. The molecule has 0 bridgehead atoms. The molecule has 1 aliphatic rings. The minimum Gasteiger partial charge on any atom is -0.482 e. The number of fused-ring (bicyclic) bond motifs is 1. The van der Waals surface area contributed by atoms with Crippen LogP contribution < -0.4 is 15.4 Å². The predicted molar refractivity (Wildman–Crippen MR) is 107 cm³/mol. The molecule has 2 amide bonds. The monoisotopic (exact) mass is 442 g/mol. The molecule has 3 rings (SSSR count). The van der Waals surface area contributed by atoms with Crippen molar-refractivity contribution in [1.82, 2.24) is 0 Å². The lowest BCUT2D eigenvalue weighted by molar-refractivity contribution is -0.118. The molecule has 0 aliphatic carbocycles. The molecule has 0 atom stereocenters. The van der Waals surface area contributed by atoms with Crippen molar-refractivity contribution < 1.29 is 22.7 Å². The number of rotatable bonds is 5. The van der Waals surface area contributed by atoms with Gasteiger partial charge in [-0.2, -0.15) is 0 Å². The third-order valence-corrected chi connectivity index (χ3v) is 6.49. The third kappa shape index (κ3) is 4.57. The highest BCUT2D eigenvalue weighted by Gasteiger charge is 2.25. The van der Waals surface area contributed by atoms with Crippen molar-refractivity contribution in [3.05, 3.63) is 45.9 Å². The van der Waals surface area contributed by atoms with Gasteiger partial charge in [-0.1, -0.05) is 29.3 Å². The molecule has 148 valence electrons. The van der Waals surface area contributed by atoms with Crippen LogP contribution in [-0.2, 0) is 19.4 Å². The number of carbonyl (C=O) groups excluding carboxylic acids is 2. The van der Waals surface area contributed by atoms with Crippen molar-refractivity contribution in [2.45, 2.75) is 18.2 Å². The van der Waals surface area contributed by atoms with Gasteiger partial charge in [0.1, 0.15) is 5.75 Å². The summed E-state index contributed by atoms with van der Waals surface area (Å²) >= 11 is 12.1. The Labute approximate surface area is 171 Å². The van der Waals surface area contributed by atoms with Crippen LogP contribution in [-0.4, -0.2) is 32.6 Å². The fourth-order valence-corrected chi connectivity index (χ4v) is 4.71. The molecule has 0 fully saturated rings. The first-order valence-corrected chi connectivity index (χ1v) is 10.6. The van der Waals surface area contributed by atoms with Crippen molar-refractivity contribution in [3.63, 3.8) is 0 Å². The second-order valence-electron chi connectivity index (χ2n) is 6.22. The quantitative estimate of drug-likeness (QED) is 0.738. The summed E-state index contributed by atoms with van der Waals surface area (Å²) in [5.41, 5.74) is 1.64. The van der Waals surface area contributed by atoms with Crippen LogP contribution in [0.15, 0.2) is 35.2 Å². The molecule has 1 aliphatic heterocycles. The van der Waals surface area contributed by atoms with Gasteiger partial charge in [-0.15, -0.1) is 0 Å². The second-order valence-corrected chi connectivity index (χ2v) is 9.11. The standard InChI is InChI=1S/C18H16Cl2N2O5S/c1-10-2-3-13(11(19)6-10)21-17(23)4-5-28(25,26)16-8-15-14(7-12(16)20)22-18(24)9-27-15/h2-3,6-8H,4-5,9H2,1H3,(H,21,23)(H,22,24). The minimum absolute atomic E-state index is 0.0634. The van der Waals surface area contributed by atoms with E-state index in [1.54, 1.807) is 18.2 Å². The van der Waals surface area contributed by atoms with Crippen LogP contribution in [0.25, 0.3) is 0 Å². The zero-order valence-corrected chi connectivity index (χ0v) is 17.0. The summed E-state index contributed by atoms with van der Waals surface area (Å²) in [5.74, 6) is -1.09. The molecule has 0 saturated heterocycles. The molecule has 7 nitrogen and oxygen atoms in total. The van der Waals surface area contributed by atoms with E-state index in [0.717, 1.165) is 5.56 Å². The second kappa shape index (κ2) is 7.98. The maximum Gasteiger partial charge on any atom is 0.262 e. The van der Waals surface area contributed by atoms with Gasteiger partial charge in [-0.3, -0.25) is 9.59 Å². The average Bonchev–Trinajstić information content (AvgIpc) is 2.61. The molecule has 10 heteroatoms. The minimum atomic E-state index is -3.86. The van der Waals surface area contributed by atoms with Gasteiger partial charge in [0.2, 0.25) is 5.91 Å².